The standard InChI is InChI=1S/C17H28O3Si/c1-8-21(19-16(2,3)4,20-17(5,6)7)18-14-15-12-10-9-11-13-15/h8-13H,1,14H2,2-7H3. The topological polar surface area (TPSA) is 27.7 Å². The molecule has 21 heavy (non-hydrogen) atoms. The van der Waals surface area contributed by atoms with Crippen molar-refractivity contribution in [1.29, 1.82) is 0 Å². The summed E-state index contributed by atoms with van der Waals surface area (Å²) in [5, 5.41) is 0. The van der Waals surface area contributed by atoms with Crippen LogP contribution in [0, 0.1) is 0 Å². The summed E-state index contributed by atoms with van der Waals surface area (Å²) < 4.78 is 18.4. The van der Waals surface area contributed by atoms with Crippen molar-refractivity contribution < 1.29 is 13.3 Å². The SMILES string of the molecule is C=C[Si](OCc1ccccc1)(OC(C)(C)C)OC(C)(C)C. The van der Waals surface area contributed by atoms with Gasteiger partial charge in [-0.15, -0.1) is 0 Å². The molecule has 0 N–H and O–H groups in total. The van der Waals surface area contributed by atoms with Crippen molar-refractivity contribution in [2.45, 2.75) is 59.4 Å². The molecule has 0 aromatic heterocycles. The van der Waals surface area contributed by atoms with Crippen LogP contribution in [0.25, 0.3) is 0 Å². The van der Waals surface area contributed by atoms with Crippen molar-refractivity contribution in [1.82, 2.24) is 0 Å². The van der Waals surface area contributed by atoms with Crippen LogP contribution in [0.2, 0.25) is 0 Å². The number of hydrogen-bond donors (Lipinski definition) is 0. The van der Waals surface area contributed by atoms with Crippen molar-refractivity contribution >= 4 is 8.80 Å². The van der Waals surface area contributed by atoms with E-state index in [-0.39, 0.29) is 11.2 Å². The zero-order chi connectivity index (χ0) is 16.1. The van der Waals surface area contributed by atoms with Gasteiger partial charge in [0.1, 0.15) is 0 Å². The van der Waals surface area contributed by atoms with Gasteiger partial charge in [0.05, 0.1) is 17.8 Å². The van der Waals surface area contributed by atoms with E-state index >= 15 is 0 Å². The third kappa shape index (κ3) is 7.04. The van der Waals surface area contributed by atoms with Crippen molar-refractivity contribution in [2.24, 2.45) is 0 Å². The van der Waals surface area contributed by atoms with E-state index < -0.39 is 8.80 Å². The fourth-order valence-electron chi connectivity index (χ4n) is 1.83. The first-order valence-electron chi connectivity index (χ1n) is 7.27. The molecule has 0 bridgehead atoms. The van der Waals surface area contributed by atoms with Gasteiger partial charge in [0.25, 0.3) is 0 Å². The molecule has 0 atom stereocenters. The lowest BCUT2D eigenvalue weighted by atomic mass is 10.2. The molecule has 118 valence electrons. The van der Waals surface area contributed by atoms with Crippen LogP contribution in [0.3, 0.4) is 0 Å². The zero-order valence-electron chi connectivity index (χ0n) is 14.1. The largest absolute Gasteiger partial charge is 0.530 e. The van der Waals surface area contributed by atoms with Gasteiger partial charge in [0.2, 0.25) is 0 Å². The molecule has 0 fully saturated rings. The molecule has 1 rings (SSSR count). The van der Waals surface area contributed by atoms with E-state index in [1.807, 2.05) is 71.9 Å². The molecule has 3 nitrogen and oxygen atoms in total. The van der Waals surface area contributed by atoms with Gasteiger partial charge in [-0.3, -0.25) is 0 Å². The van der Waals surface area contributed by atoms with Crippen molar-refractivity contribution in [3.05, 3.63) is 48.2 Å². The van der Waals surface area contributed by atoms with E-state index in [1.54, 1.807) is 5.70 Å². The Morgan fingerprint density at radius 1 is 0.952 bits per heavy atom. The maximum absolute atomic E-state index is 6.15. The Balaban J connectivity index is 2.91. The van der Waals surface area contributed by atoms with Gasteiger partial charge < -0.3 is 13.3 Å². The first kappa shape index (κ1) is 18.1. The Bertz CT molecular complexity index is 427. The molecule has 0 heterocycles. The van der Waals surface area contributed by atoms with Crippen molar-refractivity contribution in [2.75, 3.05) is 0 Å². The smallest absolute Gasteiger partial charge is 0.366 e. The lowest BCUT2D eigenvalue weighted by molar-refractivity contribution is -0.0387. The average Bonchev–Trinajstić information content (AvgIpc) is 2.33. The van der Waals surface area contributed by atoms with Crippen LogP contribution in [0.5, 0.6) is 0 Å². The third-order valence-electron chi connectivity index (χ3n) is 2.43. The van der Waals surface area contributed by atoms with Crippen LogP contribution < -0.4 is 0 Å². The summed E-state index contributed by atoms with van der Waals surface area (Å²) >= 11 is 0. The Kier molecular flexibility index (Phi) is 5.93. The van der Waals surface area contributed by atoms with E-state index in [1.165, 1.54) is 0 Å². The minimum atomic E-state index is -2.96. The van der Waals surface area contributed by atoms with Gasteiger partial charge in [-0.2, -0.15) is 0 Å². The Morgan fingerprint density at radius 2 is 1.43 bits per heavy atom. The van der Waals surface area contributed by atoms with Crippen LogP contribution in [0.15, 0.2) is 42.6 Å². The van der Waals surface area contributed by atoms with Gasteiger partial charge in [0, 0.05) is 0 Å². The molecule has 0 saturated heterocycles. The number of rotatable bonds is 6. The summed E-state index contributed by atoms with van der Waals surface area (Å²) in [5.74, 6) is 0. The average molecular weight is 308 g/mol. The van der Waals surface area contributed by atoms with Crippen LogP contribution >= 0.6 is 0 Å². The van der Waals surface area contributed by atoms with Gasteiger partial charge in [-0.1, -0.05) is 36.9 Å². The Labute approximate surface area is 130 Å². The summed E-state index contributed by atoms with van der Waals surface area (Å²) in [6.45, 7) is 16.3. The second kappa shape index (κ2) is 6.88. The highest BCUT2D eigenvalue weighted by atomic mass is 28.4. The lowest BCUT2D eigenvalue weighted by Gasteiger charge is -2.37. The molecule has 0 amide bonds. The molecule has 0 aliphatic rings. The molecule has 4 heteroatoms. The third-order valence-corrected chi connectivity index (χ3v) is 5.27. The van der Waals surface area contributed by atoms with Gasteiger partial charge >= 0.3 is 8.80 Å². The van der Waals surface area contributed by atoms with E-state index in [4.69, 9.17) is 13.3 Å². The molecule has 0 aliphatic carbocycles. The molecule has 1 aromatic carbocycles. The maximum atomic E-state index is 6.15. The molecular weight excluding hydrogens is 280 g/mol. The summed E-state index contributed by atoms with van der Waals surface area (Å²) in [4.78, 5) is 0. The van der Waals surface area contributed by atoms with E-state index in [0.717, 1.165) is 5.56 Å². The highest BCUT2D eigenvalue weighted by molar-refractivity contribution is 6.66. The summed E-state index contributed by atoms with van der Waals surface area (Å²) in [6.07, 6.45) is 0. The van der Waals surface area contributed by atoms with E-state index in [9.17, 15) is 0 Å². The van der Waals surface area contributed by atoms with Crippen LogP contribution in [-0.2, 0) is 19.9 Å². The lowest BCUT2D eigenvalue weighted by Crippen LogP contribution is -2.52. The summed E-state index contributed by atoms with van der Waals surface area (Å²) in [7, 11) is -2.96. The van der Waals surface area contributed by atoms with E-state index in [2.05, 4.69) is 6.58 Å². The Hall–Kier alpha value is -0.943. The van der Waals surface area contributed by atoms with Gasteiger partial charge in [-0.05, 0) is 52.8 Å². The molecule has 1 aromatic rings. The van der Waals surface area contributed by atoms with Crippen LogP contribution in [0.4, 0.5) is 0 Å². The molecule has 0 unspecified atom stereocenters. The predicted octanol–water partition coefficient (Wildman–Crippen LogP) is 4.50. The summed E-state index contributed by atoms with van der Waals surface area (Å²) in [5.41, 5.74) is 2.09. The molecule has 0 saturated carbocycles. The van der Waals surface area contributed by atoms with E-state index in [0.29, 0.717) is 6.61 Å². The minimum Gasteiger partial charge on any atom is -0.366 e. The molecule has 0 aliphatic heterocycles. The maximum Gasteiger partial charge on any atom is 0.530 e. The Morgan fingerprint density at radius 3 is 1.81 bits per heavy atom. The normalized spacial score (nSPS) is 13.2. The molecular formula is C17H28O3Si. The van der Waals surface area contributed by atoms with Crippen LogP contribution in [0.1, 0.15) is 47.1 Å². The highest BCUT2D eigenvalue weighted by Crippen LogP contribution is 2.26. The fourth-order valence-corrected chi connectivity index (χ4v) is 4.35. The highest BCUT2D eigenvalue weighted by Gasteiger charge is 2.45. The first-order valence-corrected chi connectivity index (χ1v) is 9.07. The predicted molar refractivity (Wildman–Crippen MR) is 88.9 cm³/mol. The molecule has 0 radical (unpaired) electrons. The van der Waals surface area contributed by atoms with Gasteiger partial charge in [-0.25, -0.2) is 0 Å². The monoisotopic (exact) mass is 308 g/mol. The quantitative estimate of drug-likeness (QED) is 0.724. The minimum absolute atomic E-state index is 0.359. The second-order valence-corrected chi connectivity index (χ2v) is 9.32. The summed E-state index contributed by atoms with van der Waals surface area (Å²) in [6, 6.07) is 10.0. The zero-order valence-corrected chi connectivity index (χ0v) is 15.1. The second-order valence-electron chi connectivity index (χ2n) is 7.01. The van der Waals surface area contributed by atoms with Crippen molar-refractivity contribution in [3.8, 4) is 0 Å². The van der Waals surface area contributed by atoms with Crippen LogP contribution in [-0.4, -0.2) is 20.0 Å². The van der Waals surface area contributed by atoms with Gasteiger partial charge in [0.15, 0.2) is 0 Å². The first-order chi connectivity index (χ1) is 9.55. The fraction of sp³-hybridized carbons (Fsp3) is 0.529. The molecule has 0 spiro atoms. The number of benzene rings is 1. The number of hydrogen-bond acceptors (Lipinski definition) is 3. The van der Waals surface area contributed by atoms with Crippen molar-refractivity contribution in [3.63, 3.8) is 0 Å².